The van der Waals surface area contributed by atoms with Crippen LogP contribution in [0.1, 0.15) is 51.0 Å². The summed E-state index contributed by atoms with van der Waals surface area (Å²) in [5, 5.41) is 9.94. The van der Waals surface area contributed by atoms with E-state index in [1.165, 1.54) is 12.8 Å². The lowest BCUT2D eigenvalue weighted by molar-refractivity contribution is 0.133. The fraction of sp³-hybridized carbons (Fsp3) is 0.538. The minimum Gasteiger partial charge on any atom is -0.436 e. The maximum atomic E-state index is 9.94. The highest BCUT2D eigenvalue weighted by Gasteiger charge is 2.15. The largest absolute Gasteiger partial charge is 0.436 e. The minimum absolute atomic E-state index is 0.384. The van der Waals surface area contributed by atoms with Gasteiger partial charge < -0.3 is 9.52 Å². The van der Waals surface area contributed by atoms with E-state index in [-0.39, 0.29) is 0 Å². The van der Waals surface area contributed by atoms with Gasteiger partial charge in [-0.2, -0.15) is 4.98 Å². The summed E-state index contributed by atoms with van der Waals surface area (Å²) in [6.07, 6.45) is 6.31. The van der Waals surface area contributed by atoms with E-state index in [9.17, 15) is 5.11 Å². The molecule has 4 nitrogen and oxygen atoms in total. The minimum atomic E-state index is -0.610. The van der Waals surface area contributed by atoms with Crippen LogP contribution in [-0.4, -0.2) is 15.1 Å². The Hall–Kier alpha value is -1.42. The Morgan fingerprint density at radius 1 is 1.35 bits per heavy atom. The van der Waals surface area contributed by atoms with Gasteiger partial charge in [0.05, 0.1) is 0 Å². The lowest BCUT2D eigenvalue weighted by Crippen LogP contribution is -1.97. The summed E-state index contributed by atoms with van der Waals surface area (Å²) in [5.74, 6) is 0.384. The summed E-state index contributed by atoms with van der Waals surface area (Å²) in [4.78, 5) is 8.26. The van der Waals surface area contributed by atoms with Crippen LogP contribution in [0, 0.1) is 0 Å². The molecule has 1 atom stereocenters. The van der Waals surface area contributed by atoms with Crippen molar-refractivity contribution in [1.29, 1.82) is 0 Å². The number of rotatable bonds is 6. The van der Waals surface area contributed by atoms with Crippen molar-refractivity contribution in [3.8, 4) is 0 Å². The van der Waals surface area contributed by atoms with Crippen LogP contribution in [0.5, 0.6) is 0 Å². The first-order chi connectivity index (χ1) is 8.31. The predicted molar refractivity (Wildman–Crippen MR) is 65.5 cm³/mol. The molecule has 0 aromatic carbocycles. The molecule has 4 heteroatoms. The molecule has 0 bridgehead atoms. The first-order valence-corrected chi connectivity index (χ1v) is 6.20. The second-order valence-corrected chi connectivity index (χ2v) is 4.24. The lowest BCUT2D eigenvalue weighted by Gasteiger charge is -2.05. The first-order valence-electron chi connectivity index (χ1n) is 6.20. The zero-order chi connectivity index (χ0) is 12.1. The van der Waals surface area contributed by atoms with E-state index in [4.69, 9.17) is 4.42 Å². The van der Waals surface area contributed by atoms with Crippen LogP contribution in [0.15, 0.2) is 22.7 Å². The summed E-state index contributed by atoms with van der Waals surface area (Å²) in [5.41, 5.74) is 1.20. The molecule has 1 unspecified atom stereocenters. The molecule has 92 valence electrons. The Morgan fingerprint density at radius 2 is 2.24 bits per heavy atom. The van der Waals surface area contributed by atoms with Crippen molar-refractivity contribution in [1.82, 2.24) is 9.97 Å². The fourth-order valence-electron chi connectivity index (χ4n) is 1.82. The van der Waals surface area contributed by atoms with Gasteiger partial charge in [0.2, 0.25) is 5.89 Å². The molecule has 0 saturated carbocycles. The van der Waals surface area contributed by atoms with E-state index in [0.29, 0.717) is 23.5 Å². The molecule has 2 aromatic rings. The highest BCUT2D eigenvalue weighted by atomic mass is 16.4. The number of hydrogen-bond donors (Lipinski definition) is 1. The van der Waals surface area contributed by atoms with Crippen LogP contribution < -0.4 is 0 Å². The highest BCUT2D eigenvalue weighted by molar-refractivity contribution is 5.66. The van der Waals surface area contributed by atoms with Crippen molar-refractivity contribution in [2.45, 2.75) is 45.1 Å². The van der Waals surface area contributed by atoms with Crippen LogP contribution in [0.4, 0.5) is 0 Å². The van der Waals surface area contributed by atoms with Gasteiger partial charge in [-0.3, -0.25) is 0 Å². The third-order valence-corrected chi connectivity index (χ3v) is 2.80. The van der Waals surface area contributed by atoms with E-state index < -0.39 is 6.10 Å². The summed E-state index contributed by atoms with van der Waals surface area (Å²) in [6.45, 7) is 2.17. The molecular formula is C13H18N2O2. The normalized spacial score (nSPS) is 13.1. The Labute approximate surface area is 101 Å². The summed E-state index contributed by atoms with van der Waals surface area (Å²) < 4.78 is 5.46. The molecule has 0 aliphatic rings. The molecule has 17 heavy (non-hydrogen) atoms. The number of pyridine rings is 1. The zero-order valence-corrected chi connectivity index (χ0v) is 10.1. The monoisotopic (exact) mass is 234 g/mol. The summed E-state index contributed by atoms with van der Waals surface area (Å²) in [7, 11) is 0. The van der Waals surface area contributed by atoms with E-state index in [1.807, 2.05) is 6.07 Å². The number of hydrogen-bond acceptors (Lipinski definition) is 4. The van der Waals surface area contributed by atoms with Crippen molar-refractivity contribution in [2.75, 3.05) is 0 Å². The summed E-state index contributed by atoms with van der Waals surface area (Å²) >= 11 is 0. The summed E-state index contributed by atoms with van der Waals surface area (Å²) in [6, 6.07) is 3.60. The van der Waals surface area contributed by atoms with Crippen molar-refractivity contribution >= 4 is 11.2 Å². The Bertz CT molecular complexity index is 434. The molecule has 0 amide bonds. The molecule has 0 aliphatic heterocycles. The molecule has 2 aromatic heterocycles. The van der Waals surface area contributed by atoms with Crippen molar-refractivity contribution in [3.05, 3.63) is 24.2 Å². The smallest absolute Gasteiger partial charge is 0.225 e. The number of unbranched alkanes of at least 4 members (excludes halogenated alkanes) is 3. The van der Waals surface area contributed by atoms with Gasteiger partial charge in [-0.15, -0.1) is 0 Å². The van der Waals surface area contributed by atoms with Crippen LogP contribution in [-0.2, 0) is 0 Å². The molecule has 0 spiro atoms. The standard InChI is InChI=1S/C13H18N2O2/c1-2-3-4-5-7-10(16)13-15-12-11(17-13)8-6-9-14-12/h6,8-10,16H,2-5,7H2,1H3. The molecule has 0 radical (unpaired) electrons. The molecule has 0 saturated heterocycles. The van der Waals surface area contributed by atoms with Crippen LogP contribution in [0.2, 0.25) is 0 Å². The number of fused-ring (bicyclic) bond motifs is 1. The van der Waals surface area contributed by atoms with Gasteiger partial charge >= 0.3 is 0 Å². The molecule has 2 heterocycles. The lowest BCUT2D eigenvalue weighted by atomic mass is 10.1. The van der Waals surface area contributed by atoms with E-state index in [2.05, 4.69) is 16.9 Å². The average molecular weight is 234 g/mol. The van der Waals surface area contributed by atoms with Crippen LogP contribution >= 0.6 is 0 Å². The number of aliphatic hydroxyl groups is 1. The van der Waals surface area contributed by atoms with Crippen molar-refractivity contribution in [3.63, 3.8) is 0 Å². The second-order valence-electron chi connectivity index (χ2n) is 4.24. The maximum absolute atomic E-state index is 9.94. The Morgan fingerprint density at radius 3 is 3.00 bits per heavy atom. The second kappa shape index (κ2) is 5.77. The fourth-order valence-corrected chi connectivity index (χ4v) is 1.82. The Balaban J connectivity index is 1.96. The van der Waals surface area contributed by atoms with Gasteiger partial charge in [0.1, 0.15) is 6.10 Å². The van der Waals surface area contributed by atoms with Gasteiger partial charge in [-0.1, -0.05) is 32.6 Å². The molecular weight excluding hydrogens is 216 g/mol. The van der Waals surface area contributed by atoms with Crippen LogP contribution in [0.25, 0.3) is 11.2 Å². The van der Waals surface area contributed by atoms with Crippen molar-refractivity contribution < 1.29 is 9.52 Å². The van der Waals surface area contributed by atoms with Crippen LogP contribution in [0.3, 0.4) is 0 Å². The highest BCUT2D eigenvalue weighted by Crippen LogP contribution is 2.22. The predicted octanol–water partition coefficient (Wildman–Crippen LogP) is 3.23. The first kappa shape index (κ1) is 12.0. The van der Waals surface area contributed by atoms with Gasteiger partial charge in [-0.05, 0) is 18.6 Å². The average Bonchev–Trinajstić information content (AvgIpc) is 2.78. The third-order valence-electron chi connectivity index (χ3n) is 2.80. The molecule has 2 rings (SSSR count). The number of oxazole rings is 1. The molecule has 0 aliphatic carbocycles. The Kier molecular flexibility index (Phi) is 4.09. The maximum Gasteiger partial charge on any atom is 0.225 e. The van der Waals surface area contributed by atoms with Gasteiger partial charge in [-0.25, -0.2) is 4.98 Å². The quantitative estimate of drug-likeness (QED) is 0.779. The number of nitrogens with zero attached hydrogens (tertiary/aromatic N) is 2. The third kappa shape index (κ3) is 3.03. The van der Waals surface area contributed by atoms with Gasteiger partial charge in [0.15, 0.2) is 11.2 Å². The number of aromatic nitrogens is 2. The SMILES string of the molecule is CCCCCCC(O)c1nc2ncccc2o1. The topological polar surface area (TPSA) is 59.2 Å². The molecule has 0 fully saturated rings. The van der Waals surface area contributed by atoms with Crippen molar-refractivity contribution in [2.24, 2.45) is 0 Å². The number of aliphatic hydroxyl groups excluding tert-OH is 1. The van der Waals surface area contributed by atoms with Gasteiger partial charge in [0, 0.05) is 6.20 Å². The van der Waals surface area contributed by atoms with Gasteiger partial charge in [0.25, 0.3) is 0 Å². The van der Waals surface area contributed by atoms with E-state index in [0.717, 1.165) is 12.8 Å². The van der Waals surface area contributed by atoms with E-state index >= 15 is 0 Å². The van der Waals surface area contributed by atoms with E-state index in [1.54, 1.807) is 12.3 Å². The zero-order valence-electron chi connectivity index (χ0n) is 10.1. The molecule has 1 N–H and O–H groups in total.